The SMILES string of the molecule is Cc1ccc(NC(=O)C(C)Nc2nc(Nc3ccccc3)nc(Nc3ccccc3)n2)cc1Cl. The molecule has 4 rings (SSSR count). The second-order valence-electron chi connectivity index (χ2n) is 7.61. The van der Waals surface area contributed by atoms with Crippen molar-refractivity contribution in [2.75, 3.05) is 21.3 Å². The van der Waals surface area contributed by atoms with Gasteiger partial charge in [-0.25, -0.2) is 0 Å². The van der Waals surface area contributed by atoms with Gasteiger partial charge in [0.1, 0.15) is 6.04 Å². The molecule has 3 aromatic carbocycles. The van der Waals surface area contributed by atoms with Gasteiger partial charge in [0.25, 0.3) is 0 Å². The van der Waals surface area contributed by atoms with Crippen molar-refractivity contribution in [1.29, 1.82) is 0 Å². The fourth-order valence-electron chi connectivity index (χ4n) is 3.03. The van der Waals surface area contributed by atoms with Crippen LogP contribution in [0.25, 0.3) is 0 Å². The number of rotatable bonds is 8. The Bertz CT molecular complexity index is 1210. The van der Waals surface area contributed by atoms with Crippen molar-refractivity contribution in [1.82, 2.24) is 15.0 Å². The van der Waals surface area contributed by atoms with Crippen molar-refractivity contribution in [3.05, 3.63) is 89.4 Å². The summed E-state index contributed by atoms with van der Waals surface area (Å²) in [6.45, 7) is 3.63. The number of amides is 1. The third-order valence-corrected chi connectivity index (χ3v) is 5.28. The van der Waals surface area contributed by atoms with Gasteiger partial charge in [-0.2, -0.15) is 15.0 Å². The van der Waals surface area contributed by atoms with Crippen molar-refractivity contribution in [3.63, 3.8) is 0 Å². The van der Waals surface area contributed by atoms with Gasteiger partial charge >= 0.3 is 0 Å². The standard InChI is InChI=1S/C25H24ClN7O/c1-16-13-14-20(15-21(16)26)28-22(34)17(2)27-23-31-24(29-18-9-5-3-6-10-18)33-25(32-23)30-19-11-7-4-8-12-19/h3-15,17H,1-2H3,(H,28,34)(H3,27,29,30,31,32,33). The van der Waals surface area contributed by atoms with Crippen molar-refractivity contribution < 1.29 is 4.79 Å². The summed E-state index contributed by atoms with van der Waals surface area (Å²) in [5.41, 5.74) is 3.20. The zero-order valence-corrected chi connectivity index (χ0v) is 19.5. The van der Waals surface area contributed by atoms with Crippen molar-refractivity contribution >= 4 is 52.4 Å². The molecule has 1 unspecified atom stereocenters. The third kappa shape index (κ3) is 6.20. The Morgan fingerprint density at radius 1 is 0.765 bits per heavy atom. The Kier molecular flexibility index (Phi) is 7.19. The van der Waals surface area contributed by atoms with Gasteiger partial charge in [0.2, 0.25) is 23.8 Å². The lowest BCUT2D eigenvalue weighted by Crippen LogP contribution is -2.32. The lowest BCUT2D eigenvalue weighted by molar-refractivity contribution is -0.116. The average Bonchev–Trinajstić information content (AvgIpc) is 2.82. The van der Waals surface area contributed by atoms with Crippen molar-refractivity contribution in [2.45, 2.75) is 19.9 Å². The van der Waals surface area contributed by atoms with Crippen molar-refractivity contribution in [2.24, 2.45) is 0 Å². The van der Waals surface area contributed by atoms with Crippen molar-refractivity contribution in [3.8, 4) is 0 Å². The van der Waals surface area contributed by atoms with Crippen LogP contribution in [0.5, 0.6) is 0 Å². The Morgan fingerprint density at radius 2 is 1.29 bits per heavy atom. The van der Waals surface area contributed by atoms with Crippen LogP contribution in [0, 0.1) is 6.92 Å². The van der Waals surface area contributed by atoms with Crippen LogP contribution < -0.4 is 21.3 Å². The maximum absolute atomic E-state index is 12.7. The largest absolute Gasteiger partial charge is 0.342 e. The highest BCUT2D eigenvalue weighted by Gasteiger charge is 2.16. The van der Waals surface area contributed by atoms with E-state index in [-0.39, 0.29) is 11.9 Å². The molecule has 8 nitrogen and oxygen atoms in total. The number of nitrogens with zero attached hydrogens (tertiary/aromatic N) is 3. The number of nitrogens with one attached hydrogen (secondary N) is 4. The molecule has 9 heteroatoms. The lowest BCUT2D eigenvalue weighted by atomic mass is 10.2. The molecule has 4 N–H and O–H groups in total. The summed E-state index contributed by atoms with van der Waals surface area (Å²) in [5.74, 6) is 0.659. The van der Waals surface area contributed by atoms with Crippen LogP contribution in [0.3, 0.4) is 0 Å². The number of hydrogen-bond donors (Lipinski definition) is 4. The van der Waals surface area contributed by atoms with E-state index in [1.807, 2.05) is 73.7 Å². The monoisotopic (exact) mass is 473 g/mol. The number of carbonyl (C=O) groups is 1. The zero-order valence-electron chi connectivity index (χ0n) is 18.7. The molecule has 0 aliphatic rings. The molecule has 1 amide bonds. The summed E-state index contributed by atoms with van der Waals surface area (Å²) in [6, 6.07) is 23.9. The molecule has 1 aromatic heterocycles. The minimum absolute atomic E-state index is 0.247. The number of aryl methyl sites for hydroxylation is 1. The molecule has 0 radical (unpaired) electrons. The quantitative estimate of drug-likeness (QED) is 0.258. The van der Waals surface area contributed by atoms with Gasteiger partial charge in [0.05, 0.1) is 0 Å². The normalized spacial score (nSPS) is 11.4. The lowest BCUT2D eigenvalue weighted by Gasteiger charge is -2.16. The van der Waals surface area contributed by atoms with E-state index in [9.17, 15) is 4.79 Å². The molecule has 0 bridgehead atoms. The third-order valence-electron chi connectivity index (χ3n) is 4.87. The summed E-state index contributed by atoms with van der Waals surface area (Å²) in [5, 5.41) is 12.8. The van der Waals surface area contributed by atoms with E-state index in [1.165, 1.54) is 0 Å². The second kappa shape index (κ2) is 10.6. The molecule has 4 aromatic rings. The number of hydrogen-bond acceptors (Lipinski definition) is 7. The van der Waals surface area contributed by atoms with E-state index in [0.717, 1.165) is 16.9 Å². The van der Waals surface area contributed by atoms with E-state index >= 15 is 0 Å². The molecule has 34 heavy (non-hydrogen) atoms. The van der Waals surface area contributed by atoms with Gasteiger partial charge in [-0.3, -0.25) is 4.79 Å². The number of aromatic nitrogens is 3. The Balaban J connectivity index is 1.53. The zero-order chi connectivity index (χ0) is 23.9. The Labute approximate surface area is 202 Å². The van der Waals surface area contributed by atoms with Gasteiger partial charge in [0.15, 0.2) is 0 Å². The predicted molar refractivity (Wildman–Crippen MR) is 137 cm³/mol. The van der Waals surface area contributed by atoms with Crippen LogP contribution in [-0.4, -0.2) is 26.9 Å². The van der Waals surface area contributed by atoms with Gasteiger partial charge in [-0.15, -0.1) is 0 Å². The predicted octanol–water partition coefficient (Wildman–Crippen LogP) is 5.76. The number of carbonyl (C=O) groups excluding carboxylic acids is 1. The van der Waals surface area contributed by atoms with E-state index < -0.39 is 6.04 Å². The Hall–Kier alpha value is -4.17. The summed E-state index contributed by atoms with van der Waals surface area (Å²) >= 11 is 6.17. The van der Waals surface area contributed by atoms with Gasteiger partial charge in [0, 0.05) is 22.1 Å². The van der Waals surface area contributed by atoms with Gasteiger partial charge in [-0.05, 0) is 55.8 Å². The Morgan fingerprint density at radius 3 is 1.82 bits per heavy atom. The molecule has 1 atom stereocenters. The molecular formula is C25H24ClN7O. The maximum Gasteiger partial charge on any atom is 0.246 e. The number of halogens is 1. The molecule has 0 saturated carbocycles. The smallest absolute Gasteiger partial charge is 0.246 e. The first kappa shape index (κ1) is 23.0. The minimum atomic E-state index is -0.628. The van der Waals surface area contributed by atoms with E-state index in [2.05, 4.69) is 36.2 Å². The highest BCUT2D eigenvalue weighted by Crippen LogP contribution is 2.21. The number of benzene rings is 3. The highest BCUT2D eigenvalue weighted by atomic mass is 35.5. The van der Waals surface area contributed by atoms with Crippen LogP contribution in [0.15, 0.2) is 78.9 Å². The molecule has 172 valence electrons. The maximum atomic E-state index is 12.7. The molecule has 0 spiro atoms. The first-order valence-corrected chi connectivity index (χ1v) is 11.1. The van der Waals surface area contributed by atoms with E-state index in [4.69, 9.17) is 11.6 Å². The molecule has 0 aliphatic carbocycles. The topological polar surface area (TPSA) is 104 Å². The second-order valence-corrected chi connectivity index (χ2v) is 8.01. The molecular weight excluding hydrogens is 450 g/mol. The van der Waals surface area contributed by atoms with Crippen LogP contribution in [0.1, 0.15) is 12.5 Å². The highest BCUT2D eigenvalue weighted by molar-refractivity contribution is 6.31. The first-order valence-electron chi connectivity index (χ1n) is 10.7. The van der Waals surface area contributed by atoms with Gasteiger partial charge in [-0.1, -0.05) is 54.1 Å². The van der Waals surface area contributed by atoms with Crippen LogP contribution in [0.2, 0.25) is 5.02 Å². The molecule has 0 fully saturated rings. The fraction of sp³-hybridized carbons (Fsp3) is 0.120. The number of para-hydroxylation sites is 2. The first-order chi connectivity index (χ1) is 16.5. The van der Waals surface area contributed by atoms with E-state index in [0.29, 0.717) is 22.6 Å². The van der Waals surface area contributed by atoms with Gasteiger partial charge < -0.3 is 21.3 Å². The molecule has 0 saturated heterocycles. The fourth-order valence-corrected chi connectivity index (χ4v) is 3.21. The molecule has 0 aliphatic heterocycles. The van der Waals surface area contributed by atoms with Crippen LogP contribution >= 0.6 is 11.6 Å². The average molecular weight is 474 g/mol. The number of anilines is 6. The summed E-state index contributed by atoms with van der Waals surface area (Å²) < 4.78 is 0. The van der Waals surface area contributed by atoms with E-state index in [1.54, 1.807) is 19.1 Å². The summed E-state index contributed by atoms with van der Waals surface area (Å²) in [7, 11) is 0. The molecule has 1 heterocycles. The minimum Gasteiger partial charge on any atom is -0.342 e. The van der Waals surface area contributed by atoms with Crippen LogP contribution in [-0.2, 0) is 4.79 Å². The summed E-state index contributed by atoms with van der Waals surface area (Å²) in [6.07, 6.45) is 0. The summed E-state index contributed by atoms with van der Waals surface area (Å²) in [4.78, 5) is 26.1. The van der Waals surface area contributed by atoms with Crippen LogP contribution in [0.4, 0.5) is 34.9 Å².